The van der Waals surface area contributed by atoms with Gasteiger partial charge in [0.15, 0.2) is 0 Å². The summed E-state index contributed by atoms with van der Waals surface area (Å²) in [6.07, 6.45) is 3.42. The van der Waals surface area contributed by atoms with Crippen molar-refractivity contribution in [3.8, 4) is 0 Å². The number of halogens is 1. The molecule has 2 aromatic rings. The molecule has 0 aliphatic heterocycles. The highest BCUT2D eigenvalue weighted by molar-refractivity contribution is 5.12. The lowest BCUT2D eigenvalue weighted by Gasteiger charge is -2.11. The van der Waals surface area contributed by atoms with Crippen molar-refractivity contribution in [3.05, 3.63) is 42.0 Å². The summed E-state index contributed by atoms with van der Waals surface area (Å²) in [4.78, 5) is 8.06. The van der Waals surface area contributed by atoms with E-state index in [0.717, 1.165) is 5.82 Å². The monoisotopic (exact) mass is 235 g/mol. The SMILES string of the molecule is CCn1ncnc1CC(N)c1ncccc1F. The van der Waals surface area contributed by atoms with Crippen LogP contribution >= 0.6 is 0 Å². The van der Waals surface area contributed by atoms with E-state index in [0.29, 0.717) is 13.0 Å². The third kappa shape index (κ3) is 2.47. The fourth-order valence-electron chi connectivity index (χ4n) is 1.67. The minimum atomic E-state index is -0.509. The molecule has 0 aliphatic rings. The second-order valence-corrected chi connectivity index (χ2v) is 3.67. The van der Waals surface area contributed by atoms with E-state index in [9.17, 15) is 4.39 Å². The average molecular weight is 235 g/mol. The summed E-state index contributed by atoms with van der Waals surface area (Å²) in [5.74, 6) is 0.354. The predicted octanol–water partition coefficient (Wildman–Crippen LogP) is 1.07. The molecule has 0 aromatic carbocycles. The molecule has 1 unspecified atom stereocenters. The average Bonchev–Trinajstić information content (AvgIpc) is 2.76. The first-order valence-electron chi connectivity index (χ1n) is 5.45. The molecule has 0 radical (unpaired) electrons. The largest absolute Gasteiger partial charge is 0.322 e. The van der Waals surface area contributed by atoms with E-state index < -0.39 is 6.04 Å². The van der Waals surface area contributed by atoms with Crippen molar-refractivity contribution in [2.45, 2.75) is 25.9 Å². The van der Waals surface area contributed by atoms with Gasteiger partial charge in [-0.1, -0.05) is 0 Å². The van der Waals surface area contributed by atoms with E-state index in [-0.39, 0.29) is 11.5 Å². The van der Waals surface area contributed by atoms with Crippen LogP contribution in [0, 0.1) is 5.82 Å². The van der Waals surface area contributed by atoms with Gasteiger partial charge in [-0.3, -0.25) is 9.67 Å². The third-order valence-corrected chi connectivity index (χ3v) is 2.54. The Labute approximate surface area is 98.5 Å². The molecule has 0 fully saturated rings. The summed E-state index contributed by atoms with van der Waals surface area (Å²) >= 11 is 0. The zero-order valence-corrected chi connectivity index (χ0v) is 9.55. The lowest BCUT2D eigenvalue weighted by Crippen LogP contribution is -2.19. The Balaban J connectivity index is 2.17. The van der Waals surface area contributed by atoms with Crippen LogP contribution in [0.2, 0.25) is 0 Å². The van der Waals surface area contributed by atoms with Crippen LogP contribution in [0.5, 0.6) is 0 Å². The standard InChI is InChI=1S/C11H14FN5/c1-2-17-10(15-7-16-17)6-9(13)11-8(12)4-3-5-14-11/h3-5,7,9H,2,6,13H2,1H3. The van der Waals surface area contributed by atoms with Crippen molar-refractivity contribution in [1.29, 1.82) is 0 Å². The van der Waals surface area contributed by atoms with Gasteiger partial charge < -0.3 is 5.73 Å². The molecular formula is C11H14FN5. The highest BCUT2D eigenvalue weighted by Crippen LogP contribution is 2.15. The second-order valence-electron chi connectivity index (χ2n) is 3.67. The lowest BCUT2D eigenvalue weighted by molar-refractivity contribution is 0.537. The Bertz CT molecular complexity index is 496. The van der Waals surface area contributed by atoms with Crippen LogP contribution in [-0.2, 0) is 13.0 Å². The van der Waals surface area contributed by atoms with E-state index in [1.54, 1.807) is 10.7 Å². The maximum atomic E-state index is 13.5. The van der Waals surface area contributed by atoms with Crippen LogP contribution in [-0.4, -0.2) is 19.7 Å². The normalized spacial score (nSPS) is 12.6. The molecule has 0 aliphatic carbocycles. The fraction of sp³-hybridized carbons (Fsp3) is 0.364. The number of aryl methyl sites for hydroxylation is 1. The van der Waals surface area contributed by atoms with Crippen molar-refractivity contribution in [3.63, 3.8) is 0 Å². The topological polar surface area (TPSA) is 69.6 Å². The van der Waals surface area contributed by atoms with E-state index >= 15 is 0 Å². The first-order chi connectivity index (χ1) is 8.22. The molecule has 0 saturated carbocycles. The molecule has 0 spiro atoms. The molecule has 2 heterocycles. The van der Waals surface area contributed by atoms with Crippen molar-refractivity contribution in [2.75, 3.05) is 0 Å². The number of nitrogens with zero attached hydrogens (tertiary/aromatic N) is 4. The van der Waals surface area contributed by atoms with Crippen molar-refractivity contribution in [1.82, 2.24) is 19.7 Å². The van der Waals surface area contributed by atoms with Gasteiger partial charge >= 0.3 is 0 Å². The van der Waals surface area contributed by atoms with Crippen LogP contribution < -0.4 is 5.73 Å². The molecule has 2 rings (SSSR count). The number of rotatable bonds is 4. The predicted molar refractivity (Wildman–Crippen MR) is 60.5 cm³/mol. The molecule has 5 nitrogen and oxygen atoms in total. The molecule has 0 saturated heterocycles. The van der Waals surface area contributed by atoms with Gasteiger partial charge in [0.05, 0.1) is 11.7 Å². The van der Waals surface area contributed by atoms with Crippen molar-refractivity contribution >= 4 is 0 Å². The molecular weight excluding hydrogens is 221 g/mol. The second kappa shape index (κ2) is 5.01. The van der Waals surface area contributed by atoms with E-state index in [1.807, 2.05) is 6.92 Å². The Kier molecular flexibility index (Phi) is 3.43. The van der Waals surface area contributed by atoms with Gasteiger partial charge in [-0.25, -0.2) is 9.37 Å². The molecule has 0 amide bonds. The van der Waals surface area contributed by atoms with Crippen LogP contribution in [0.25, 0.3) is 0 Å². The fourth-order valence-corrected chi connectivity index (χ4v) is 1.67. The highest BCUT2D eigenvalue weighted by atomic mass is 19.1. The van der Waals surface area contributed by atoms with Gasteiger partial charge in [-0.05, 0) is 19.1 Å². The van der Waals surface area contributed by atoms with Crippen LogP contribution in [0.4, 0.5) is 4.39 Å². The Morgan fingerprint density at radius 3 is 3.00 bits per heavy atom. The smallest absolute Gasteiger partial charge is 0.146 e. The summed E-state index contributed by atoms with van der Waals surface area (Å²) in [6, 6.07) is 2.39. The summed E-state index contributed by atoms with van der Waals surface area (Å²) in [6.45, 7) is 2.68. The number of nitrogens with two attached hydrogens (primary N) is 1. The van der Waals surface area contributed by atoms with E-state index in [2.05, 4.69) is 15.1 Å². The van der Waals surface area contributed by atoms with Gasteiger partial charge in [0.25, 0.3) is 0 Å². The van der Waals surface area contributed by atoms with Gasteiger partial charge in [0.2, 0.25) is 0 Å². The Morgan fingerprint density at radius 2 is 2.29 bits per heavy atom. The summed E-state index contributed by atoms with van der Waals surface area (Å²) in [7, 11) is 0. The third-order valence-electron chi connectivity index (χ3n) is 2.54. The molecule has 1 atom stereocenters. The number of hydrogen-bond acceptors (Lipinski definition) is 4. The van der Waals surface area contributed by atoms with Crippen LogP contribution in [0.1, 0.15) is 24.5 Å². The first kappa shape index (κ1) is 11.7. The molecule has 2 N–H and O–H groups in total. The summed E-state index contributed by atoms with van der Waals surface area (Å²) < 4.78 is 15.2. The number of hydrogen-bond donors (Lipinski definition) is 1. The van der Waals surface area contributed by atoms with Crippen LogP contribution in [0.15, 0.2) is 24.7 Å². The first-order valence-corrected chi connectivity index (χ1v) is 5.45. The zero-order chi connectivity index (χ0) is 12.3. The van der Waals surface area contributed by atoms with Crippen molar-refractivity contribution in [2.24, 2.45) is 5.73 Å². The minimum Gasteiger partial charge on any atom is -0.322 e. The van der Waals surface area contributed by atoms with Gasteiger partial charge in [0, 0.05) is 19.2 Å². The molecule has 6 heteroatoms. The van der Waals surface area contributed by atoms with Gasteiger partial charge in [-0.2, -0.15) is 5.10 Å². The minimum absolute atomic E-state index is 0.262. The highest BCUT2D eigenvalue weighted by Gasteiger charge is 2.15. The van der Waals surface area contributed by atoms with Gasteiger partial charge in [0.1, 0.15) is 18.0 Å². The van der Waals surface area contributed by atoms with Gasteiger partial charge in [-0.15, -0.1) is 0 Å². The number of aromatic nitrogens is 4. The maximum absolute atomic E-state index is 13.5. The Morgan fingerprint density at radius 1 is 1.47 bits per heavy atom. The Hall–Kier alpha value is -1.82. The van der Waals surface area contributed by atoms with Crippen molar-refractivity contribution < 1.29 is 4.39 Å². The molecule has 17 heavy (non-hydrogen) atoms. The molecule has 90 valence electrons. The zero-order valence-electron chi connectivity index (χ0n) is 9.55. The quantitative estimate of drug-likeness (QED) is 0.860. The summed E-state index contributed by atoms with van der Waals surface area (Å²) in [5.41, 5.74) is 6.19. The number of pyridine rings is 1. The molecule has 2 aromatic heterocycles. The molecule has 0 bridgehead atoms. The maximum Gasteiger partial charge on any atom is 0.146 e. The lowest BCUT2D eigenvalue weighted by atomic mass is 10.1. The van der Waals surface area contributed by atoms with E-state index in [1.165, 1.54) is 18.6 Å². The van der Waals surface area contributed by atoms with Crippen LogP contribution in [0.3, 0.4) is 0 Å². The van der Waals surface area contributed by atoms with E-state index in [4.69, 9.17) is 5.73 Å². The summed E-state index contributed by atoms with van der Waals surface area (Å²) in [5, 5.41) is 4.04.